The molecule has 0 saturated carbocycles. The predicted molar refractivity (Wildman–Crippen MR) is 88.2 cm³/mol. The van der Waals surface area contributed by atoms with Gasteiger partial charge >= 0.3 is 0 Å². The lowest BCUT2D eigenvalue weighted by Crippen LogP contribution is -2.11. The van der Waals surface area contributed by atoms with Crippen LogP contribution in [0.3, 0.4) is 0 Å². The molecule has 0 aliphatic heterocycles. The van der Waals surface area contributed by atoms with Gasteiger partial charge in [-0.1, -0.05) is 17.8 Å². The fraction of sp³-hybridized carbons (Fsp3) is 0.250. The normalized spacial score (nSPS) is 10.3. The summed E-state index contributed by atoms with van der Waals surface area (Å²) in [5.41, 5.74) is 0.989. The van der Waals surface area contributed by atoms with Gasteiger partial charge in [0.15, 0.2) is 0 Å². The van der Waals surface area contributed by atoms with Gasteiger partial charge in [-0.15, -0.1) is 12.4 Å². The number of ether oxygens (including phenoxy) is 1. The quantitative estimate of drug-likeness (QED) is 0.804. The van der Waals surface area contributed by atoms with Crippen LogP contribution in [0.15, 0.2) is 52.3 Å². The Morgan fingerprint density at radius 1 is 1.14 bits per heavy atom. The molecule has 0 atom stereocenters. The third-order valence-corrected chi connectivity index (χ3v) is 3.89. The van der Waals surface area contributed by atoms with Crippen molar-refractivity contribution in [2.24, 2.45) is 0 Å². The van der Waals surface area contributed by atoms with Crippen LogP contribution >= 0.6 is 24.2 Å². The van der Waals surface area contributed by atoms with Gasteiger partial charge in [0.1, 0.15) is 11.6 Å². The van der Waals surface area contributed by atoms with Crippen molar-refractivity contribution < 1.29 is 9.13 Å². The molecule has 21 heavy (non-hydrogen) atoms. The monoisotopic (exact) mass is 327 g/mol. The summed E-state index contributed by atoms with van der Waals surface area (Å²) >= 11 is 1.62. The SMILES string of the molecule is COc1cccc(Sc2ccc(F)cc2CN(C)C)c1.Cl. The Hall–Kier alpha value is -1.23. The van der Waals surface area contributed by atoms with E-state index < -0.39 is 0 Å². The molecule has 2 rings (SSSR count). The van der Waals surface area contributed by atoms with Crippen molar-refractivity contribution in [1.82, 2.24) is 4.90 Å². The van der Waals surface area contributed by atoms with Gasteiger partial charge in [-0.3, -0.25) is 0 Å². The maximum absolute atomic E-state index is 13.4. The average molecular weight is 328 g/mol. The van der Waals surface area contributed by atoms with E-state index in [-0.39, 0.29) is 18.2 Å². The zero-order valence-electron chi connectivity index (χ0n) is 12.3. The molecule has 5 heteroatoms. The van der Waals surface area contributed by atoms with E-state index in [1.165, 1.54) is 6.07 Å². The summed E-state index contributed by atoms with van der Waals surface area (Å²) in [5, 5.41) is 0. The molecule has 0 aromatic heterocycles. The number of hydrogen-bond donors (Lipinski definition) is 0. The molecule has 2 aromatic rings. The Bertz CT molecular complexity index is 592. The second-order valence-electron chi connectivity index (χ2n) is 4.77. The Kier molecular flexibility index (Phi) is 7.02. The van der Waals surface area contributed by atoms with Crippen molar-refractivity contribution in [2.75, 3.05) is 21.2 Å². The van der Waals surface area contributed by atoms with Gasteiger partial charge in [0.25, 0.3) is 0 Å². The van der Waals surface area contributed by atoms with Crippen molar-refractivity contribution >= 4 is 24.2 Å². The summed E-state index contributed by atoms with van der Waals surface area (Å²) < 4.78 is 18.6. The van der Waals surface area contributed by atoms with Gasteiger partial charge in [-0.25, -0.2) is 4.39 Å². The first-order chi connectivity index (χ1) is 9.58. The number of methoxy groups -OCH3 is 1. The smallest absolute Gasteiger partial charge is 0.123 e. The van der Waals surface area contributed by atoms with Crippen LogP contribution in [0.2, 0.25) is 0 Å². The van der Waals surface area contributed by atoms with Gasteiger partial charge in [0.05, 0.1) is 7.11 Å². The molecule has 114 valence electrons. The van der Waals surface area contributed by atoms with Crippen LogP contribution in [-0.4, -0.2) is 26.1 Å². The topological polar surface area (TPSA) is 12.5 Å². The lowest BCUT2D eigenvalue weighted by Gasteiger charge is -2.14. The van der Waals surface area contributed by atoms with Gasteiger partial charge in [-0.2, -0.15) is 0 Å². The molecule has 0 radical (unpaired) electrons. The van der Waals surface area contributed by atoms with Crippen LogP contribution in [-0.2, 0) is 6.54 Å². The Morgan fingerprint density at radius 2 is 1.90 bits per heavy atom. The highest BCUT2D eigenvalue weighted by Gasteiger charge is 2.08. The average Bonchev–Trinajstić information content (AvgIpc) is 2.41. The molecule has 2 aromatic carbocycles. The maximum Gasteiger partial charge on any atom is 0.123 e. The standard InChI is InChI=1S/C16H18FNOS.ClH/c1-18(2)11-12-9-13(17)7-8-16(12)20-15-6-4-5-14(10-15)19-3;/h4-10H,11H2,1-3H3;1H. The first-order valence-corrected chi connectivity index (χ1v) is 7.15. The van der Waals surface area contributed by atoms with E-state index in [2.05, 4.69) is 0 Å². The molecule has 0 bridgehead atoms. The second kappa shape index (κ2) is 8.27. The van der Waals surface area contributed by atoms with E-state index in [4.69, 9.17) is 4.74 Å². The maximum atomic E-state index is 13.4. The van der Waals surface area contributed by atoms with Crippen LogP contribution in [0, 0.1) is 5.82 Å². The fourth-order valence-electron chi connectivity index (χ4n) is 1.90. The number of rotatable bonds is 5. The van der Waals surface area contributed by atoms with Crippen molar-refractivity contribution in [3.8, 4) is 5.75 Å². The first kappa shape index (κ1) is 17.8. The van der Waals surface area contributed by atoms with Crippen molar-refractivity contribution in [3.05, 3.63) is 53.8 Å². The molecule has 0 aliphatic rings. The minimum absolute atomic E-state index is 0. The highest BCUT2D eigenvalue weighted by molar-refractivity contribution is 7.99. The molecule has 0 heterocycles. The van der Waals surface area contributed by atoms with Crippen molar-refractivity contribution in [3.63, 3.8) is 0 Å². The minimum atomic E-state index is -0.197. The summed E-state index contributed by atoms with van der Waals surface area (Å²) in [4.78, 5) is 4.18. The van der Waals surface area contributed by atoms with E-state index in [0.717, 1.165) is 21.1 Å². The predicted octanol–water partition coefficient (Wildman–Crippen LogP) is 4.47. The molecule has 2 nitrogen and oxygen atoms in total. The summed E-state index contributed by atoms with van der Waals surface area (Å²) in [7, 11) is 5.61. The van der Waals surface area contributed by atoms with Crippen molar-refractivity contribution in [2.45, 2.75) is 16.3 Å². The molecule has 0 saturated heterocycles. The first-order valence-electron chi connectivity index (χ1n) is 6.33. The van der Waals surface area contributed by atoms with E-state index in [9.17, 15) is 4.39 Å². The Morgan fingerprint density at radius 3 is 2.57 bits per heavy atom. The molecule has 0 fully saturated rings. The highest BCUT2D eigenvalue weighted by Crippen LogP contribution is 2.33. The third-order valence-electron chi connectivity index (χ3n) is 2.78. The van der Waals surface area contributed by atoms with Gasteiger partial charge < -0.3 is 9.64 Å². The lowest BCUT2D eigenvalue weighted by molar-refractivity contribution is 0.398. The zero-order chi connectivity index (χ0) is 14.5. The minimum Gasteiger partial charge on any atom is -0.497 e. The number of benzene rings is 2. The Balaban J connectivity index is 0.00000220. The molecular formula is C16H19ClFNOS. The number of nitrogens with zero attached hydrogens (tertiary/aromatic N) is 1. The van der Waals surface area contributed by atoms with E-state index in [0.29, 0.717) is 6.54 Å². The summed E-state index contributed by atoms with van der Waals surface area (Å²) in [6, 6.07) is 12.8. The molecule has 0 spiro atoms. The van der Waals surface area contributed by atoms with Crippen LogP contribution in [0.5, 0.6) is 5.75 Å². The largest absolute Gasteiger partial charge is 0.497 e. The second-order valence-corrected chi connectivity index (χ2v) is 5.89. The van der Waals surface area contributed by atoms with E-state index in [1.807, 2.05) is 49.3 Å². The molecule has 0 unspecified atom stereocenters. The van der Waals surface area contributed by atoms with Gasteiger partial charge in [0, 0.05) is 16.3 Å². The molecule has 0 aliphatic carbocycles. The molecular weight excluding hydrogens is 309 g/mol. The van der Waals surface area contributed by atoms with Gasteiger partial charge in [-0.05, 0) is 56.1 Å². The van der Waals surface area contributed by atoms with Crippen molar-refractivity contribution in [1.29, 1.82) is 0 Å². The third kappa shape index (κ3) is 5.23. The summed E-state index contributed by atoms with van der Waals surface area (Å²) in [6.07, 6.45) is 0. The summed E-state index contributed by atoms with van der Waals surface area (Å²) in [6.45, 7) is 0.712. The van der Waals surface area contributed by atoms with Crippen LogP contribution < -0.4 is 4.74 Å². The highest BCUT2D eigenvalue weighted by atomic mass is 35.5. The lowest BCUT2D eigenvalue weighted by atomic mass is 10.2. The van der Waals surface area contributed by atoms with E-state index >= 15 is 0 Å². The zero-order valence-corrected chi connectivity index (χ0v) is 13.9. The molecule has 0 N–H and O–H groups in total. The number of halogens is 2. The molecule has 0 amide bonds. The van der Waals surface area contributed by atoms with Crippen LogP contribution in [0.4, 0.5) is 4.39 Å². The van der Waals surface area contributed by atoms with Crippen LogP contribution in [0.1, 0.15) is 5.56 Å². The van der Waals surface area contributed by atoms with Gasteiger partial charge in [0.2, 0.25) is 0 Å². The summed E-state index contributed by atoms with van der Waals surface area (Å²) in [5.74, 6) is 0.628. The fourth-order valence-corrected chi connectivity index (χ4v) is 2.87. The Labute approximate surface area is 135 Å². The van der Waals surface area contributed by atoms with Crippen LogP contribution in [0.25, 0.3) is 0 Å². The van der Waals surface area contributed by atoms with E-state index in [1.54, 1.807) is 24.9 Å². The number of hydrogen-bond acceptors (Lipinski definition) is 3.